The third-order valence-corrected chi connectivity index (χ3v) is 12.8. The van der Waals surface area contributed by atoms with Crippen molar-refractivity contribution in [2.75, 3.05) is 47.1 Å². The first kappa shape index (κ1) is 48.2. The maximum Gasteiger partial charge on any atom is 0.328 e. The zero-order chi connectivity index (χ0) is 47.1. The first-order valence-electron chi connectivity index (χ1n) is 22.5. The molecular formula is C49H63N7O9. The number of carbonyl (C=O) groups is 5. The highest BCUT2D eigenvalue weighted by Crippen LogP contribution is 2.40. The van der Waals surface area contributed by atoms with E-state index < -0.39 is 36.2 Å². The minimum absolute atomic E-state index is 0.103. The quantitative estimate of drug-likeness (QED) is 0.0985. The molecule has 16 heteroatoms. The van der Waals surface area contributed by atoms with E-state index in [-0.39, 0.29) is 37.2 Å². The molecule has 6 rings (SSSR count). The van der Waals surface area contributed by atoms with Gasteiger partial charge in [0, 0.05) is 60.9 Å². The maximum absolute atomic E-state index is 15.0. The number of unbranched alkanes of at least 4 members (excludes halogenated alkanes) is 2. The number of aliphatic imine (C=N–C) groups is 2. The lowest BCUT2D eigenvalue weighted by Crippen LogP contribution is -2.44. The van der Waals surface area contributed by atoms with Gasteiger partial charge in [0.15, 0.2) is 0 Å². The molecule has 3 atom stereocenters. The standard InChI is InChI=1S/C49H63N7O9/c1-11-13-14-15-16-32-29(5)39-23-36-28(4)33(17-18-43(58)63-8)46(53-36)34(20-22-62-7)47-45(48(60)50-21-19-42(57)52-38(49(61)65-10)26-44(59)64-9)30(6)40-25-37-31(12-2)27(3)35(51-37)24-41(32)55(39)54-56(40)47/h15-16,23-25,28,33,38,54H,11-14,17-22,26H2,1-10H3,(H,50,60)(H,52,57)/b16-15+,35-24?,36-23?,37-25?,39-23?,40-25?,41-24?,46-34?,47-34?/t28-,33-,38?/m0/s1. The first-order chi connectivity index (χ1) is 31.2. The van der Waals surface area contributed by atoms with Gasteiger partial charge in [0.1, 0.15) is 6.04 Å². The molecule has 0 fully saturated rings. The van der Waals surface area contributed by atoms with Crippen LogP contribution in [-0.4, -0.2) is 98.1 Å². The summed E-state index contributed by atoms with van der Waals surface area (Å²) in [5.74, 6) is -3.20. The molecule has 0 saturated heterocycles. The van der Waals surface area contributed by atoms with Crippen LogP contribution in [0.1, 0.15) is 124 Å². The number of ether oxygens (including phenoxy) is 4. The second-order valence-electron chi connectivity index (χ2n) is 16.7. The van der Waals surface area contributed by atoms with Crippen molar-refractivity contribution in [2.45, 2.75) is 105 Å². The van der Waals surface area contributed by atoms with E-state index in [4.69, 9.17) is 28.9 Å². The number of hydrogen-bond acceptors (Lipinski definition) is 12. The lowest BCUT2D eigenvalue weighted by atomic mass is 9.83. The van der Waals surface area contributed by atoms with Crippen LogP contribution in [0.15, 0.2) is 38.6 Å². The van der Waals surface area contributed by atoms with Crippen LogP contribution >= 0.6 is 0 Å². The van der Waals surface area contributed by atoms with Crippen molar-refractivity contribution in [3.8, 4) is 0 Å². The molecule has 6 bridgehead atoms. The van der Waals surface area contributed by atoms with Gasteiger partial charge >= 0.3 is 17.9 Å². The van der Waals surface area contributed by atoms with E-state index >= 15 is 0 Å². The number of fused-ring (bicyclic) bond motifs is 2. The second-order valence-corrected chi connectivity index (χ2v) is 16.7. The molecule has 0 spiro atoms. The van der Waals surface area contributed by atoms with Gasteiger partial charge in [0.2, 0.25) is 5.91 Å². The number of aromatic nitrogens is 2. The van der Waals surface area contributed by atoms with Gasteiger partial charge < -0.3 is 29.6 Å². The Morgan fingerprint density at radius 3 is 2.32 bits per heavy atom. The van der Waals surface area contributed by atoms with Crippen LogP contribution in [-0.2, 0) is 38.1 Å². The number of hydrogen-bond donors (Lipinski definition) is 3. The van der Waals surface area contributed by atoms with Crippen molar-refractivity contribution < 1.29 is 42.9 Å². The molecule has 0 saturated carbocycles. The highest BCUT2D eigenvalue weighted by atomic mass is 16.5. The van der Waals surface area contributed by atoms with E-state index in [1.165, 1.54) is 14.2 Å². The molecule has 0 aromatic carbocycles. The van der Waals surface area contributed by atoms with Crippen molar-refractivity contribution in [1.82, 2.24) is 20.0 Å². The monoisotopic (exact) mass is 893 g/mol. The topological polar surface area (TPSA) is 193 Å². The number of methoxy groups -OCH3 is 4. The van der Waals surface area contributed by atoms with E-state index in [9.17, 15) is 24.0 Å². The predicted molar refractivity (Wildman–Crippen MR) is 251 cm³/mol. The number of rotatable bonds is 19. The highest BCUT2D eigenvalue weighted by molar-refractivity contribution is 6.24. The Kier molecular flexibility index (Phi) is 15.7. The van der Waals surface area contributed by atoms with Gasteiger partial charge in [-0.15, -0.1) is 0 Å². The summed E-state index contributed by atoms with van der Waals surface area (Å²) in [6.07, 6.45) is 14.9. The minimum Gasteiger partial charge on any atom is -0.469 e. The maximum atomic E-state index is 15.0. The molecule has 1 unspecified atom stereocenters. The normalized spacial score (nSPS) is 17.6. The summed E-state index contributed by atoms with van der Waals surface area (Å²) in [5, 5.41) is 6.75. The fourth-order valence-corrected chi connectivity index (χ4v) is 9.07. The largest absolute Gasteiger partial charge is 0.469 e. The highest BCUT2D eigenvalue weighted by Gasteiger charge is 2.38. The van der Waals surface area contributed by atoms with Crippen LogP contribution in [0, 0.1) is 25.7 Å². The predicted octanol–water partition coefficient (Wildman–Crippen LogP) is 4.98. The number of nitrogens with one attached hydrogen (secondary N) is 3. The molecule has 3 N–H and O–H groups in total. The number of esters is 3. The molecule has 0 radical (unpaired) electrons. The van der Waals surface area contributed by atoms with Gasteiger partial charge in [-0.05, 0) is 87.0 Å². The Morgan fingerprint density at radius 1 is 0.892 bits per heavy atom. The van der Waals surface area contributed by atoms with Crippen molar-refractivity contribution in [1.29, 1.82) is 0 Å². The van der Waals surface area contributed by atoms with Crippen LogP contribution in [0.3, 0.4) is 0 Å². The Balaban J connectivity index is 1.62. The number of allylic oxidation sites excluding steroid dienone is 4. The van der Waals surface area contributed by atoms with E-state index in [2.05, 4.69) is 79.8 Å². The summed E-state index contributed by atoms with van der Waals surface area (Å²) in [7, 11) is 5.35. The summed E-state index contributed by atoms with van der Waals surface area (Å²) in [4.78, 5) is 76.0. The van der Waals surface area contributed by atoms with Gasteiger partial charge in [0.05, 0.1) is 73.4 Å². The first-order valence-corrected chi connectivity index (χ1v) is 22.5. The van der Waals surface area contributed by atoms with Gasteiger partial charge in [-0.2, -0.15) is 0 Å². The Hall–Kier alpha value is -6.29. The van der Waals surface area contributed by atoms with Crippen molar-refractivity contribution in [3.63, 3.8) is 0 Å². The van der Waals surface area contributed by atoms with E-state index in [1.807, 2.05) is 17.7 Å². The summed E-state index contributed by atoms with van der Waals surface area (Å²) in [6.45, 7) is 12.7. The molecular weight excluding hydrogens is 831 g/mol. The van der Waals surface area contributed by atoms with Crippen molar-refractivity contribution in [3.05, 3.63) is 73.0 Å². The molecule has 0 aliphatic carbocycles. The van der Waals surface area contributed by atoms with Crippen LogP contribution in [0.5, 0.6) is 0 Å². The number of amides is 2. The lowest BCUT2D eigenvalue weighted by Gasteiger charge is -2.21. The van der Waals surface area contributed by atoms with Gasteiger partial charge in [0.25, 0.3) is 5.91 Å². The molecule has 348 valence electrons. The molecule has 65 heavy (non-hydrogen) atoms. The average molecular weight is 894 g/mol. The summed E-state index contributed by atoms with van der Waals surface area (Å²) in [5.41, 5.74) is 14.8. The third kappa shape index (κ3) is 9.87. The molecule has 4 aliphatic heterocycles. The fraction of sp³-hybridized carbons (Fsp3) is 0.490. The smallest absolute Gasteiger partial charge is 0.328 e. The number of carbonyl (C=O) groups excluding carboxylic acids is 5. The molecule has 6 heterocycles. The Bertz CT molecular complexity index is 2580. The summed E-state index contributed by atoms with van der Waals surface area (Å²) >= 11 is 0. The Morgan fingerprint density at radius 2 is 1.65 bits per heavy atom. The van der Waals surface area contributed by atoms with Crippen LogP contribution in [0.25, 0.3) is 29.9 Å². The van der Waals surface area contributed by atoms with Gasteiger partial charge in [-0.3, -0.25) is 24.2 Å². The summed E-state index contributed by atoms with van der Waals surface area (Å²) < 4.78 is 24.3. The molecule has 2 aromatic heterocycles. The molecule has 4 aliphatic rings. The molecule has 16 nitrogen and oxygen atoms in total. The Labute approximate surface area is 380 Å². The fourth-order valence-electron chi connectivity index (χ4n) is 9.07. The molecule has 2 amide bonds. The zero-order valence-corrected chi connectivity index (χ0v) is 39.4. The van der Waals surface area contributed by atoms with E-state index in [0.29, 0.717) is 41.3 Å². The van der Waals surface area contributed by atoms with Crippen molar-refractivity contribution >= 4 is 71.0 Å². The van der Waals surface area contributed by atoms with Crippen LogP contribution < -0.4 is 26.9 Å². The average Bonchev–Trinajstić information content (AvgIpc) is 3.94. The minimum atomic E-state index is -1.26. The van der Waals surface area contributed by atoms with E-state index in [0.717, 1.165) is 94.8 Å². The third-order valence-electron chi connectivity index (χ3n) is 12.8. The van der Waals surface area contributed by atoms with Gasteiger partial charge in [-0.1, -0.05) is 45.8 Å². The lowest BCUT2D eigenvalue weighted by molar-refractivity contribution is -0.150. The van der Waals surface area contributed by atoms with Gasteiger partial charge in [-0.25, -0.2) is 24.7 Å². The van der Waals surface area contributed by atoms with E-state index in [1.54, 1.807) is 7.11 Å². The van der Waals surface area contributed by atoms with Crippen LogP contribution in [0.2, 0.25) is 0 Å². The molecule has 2 aromatic rings. The summed E-state index contributed by atoms with van der Waals surface area (Å²) in [6, 6.07) is -1.26. The zero-order valence-electron chi connectivity index (χ0n) is 39.4. The van der Waals surface area contributed by atoms with Crippen LogP contribution in [0.4, 0.5) is 0 Å². The van der Waals surface area contributed by atoms with Crippen molar-refractivity contribution in [2.24, 2.45) is 21.8 Å². The second kappa shape index (κ2) is 21.1. The number of nitrogens with zero attached hydrogens (tertiary/aromatic N) is 4. The SMILES string of the molecule is CCCC/C=C/c1c(C)c2n3c1C=C1N=C(C=c4c(C)c(C(=O)NCCC(=O)NC(CC(=O)OC)C(=O)OC)c(n4N3)=C(CCOC)C3=NC(=C2)[C@@H](C)[C@@H]3CCC(=O)OC)C(CC)=C1C.